The molecule has 0 saturated heterocycles. The van der Waals surface area contributed by atoms with Crippen molar-refractivity contribution in [1.82, 2.24) is 0 Å². The Morgan fingerprint density at radius 1 is 1.14 bits per heavy atom. The maximum absolute atomic E-state index is 11.2. The van der Waals surface area contributed by atoms with E-state index in [1.807, 2.05) is 0 Å². The van der Waals surface area contributed by atoms with E-state index in [2.05, 4.69) is 4.74 Å². The van der Waals surface area contributed by atoms with Gasteiger partial charge in [0.2, 0.25) is 0 Å². The van der Waals surface area contributed by atoms with Crippen LogP contribution in [0.5, 0.6) is 0 Å². The Balaban J connectivity index is 4.36. The van der Waals surface area contributed by atoms with Crippen molar-refractivity contribution in [2.24, 2.45) is 5.92 Å². The Hall–Kier alpha value is -0.940. The zero-order chi connectivity index (χ0) is 11.1. The van der Waals surface area contributed by atoms with Crippen LogP contribution >= 0.6 is 0 Å². The molecule has 82 valence electrons. The Morgan fingerprint density at radius 3 is 1.93 bits per heavy atom. The lowest BCUT2D eigenvalue weighted by Crippen LogP contribution is -2.29. The molecule has 0 fully saturated rings. The van der Waals surface area contributed by atoms with Gasteiger partial charge >= 0.3 is 5.97 Å². The molecule has 0 spiro atoms. The van der Waals surface area contributed by atoms with Gasteiger partial charge in [-0.3, -0.25) is 9.59 Å². The first kappa shape index (κ1) is 13.1. The Morgan fingerprint density at radius 2 is 1.64 bits per heavy atom. The van der Waals surface area contributed by atoms with Crippen molar-refractivity contribution < 1.29 is 23.8 Å². The van der Waals surface area contributed by atoms with Gasteiger partial charge in [0.05, 0.1) is 7.11 Å². The third-order valence-electron chi connectivity index (χ3n) is 1.93. The highest BCUT2D eigenvalue weighted by atomic mass is 16.7. The van der Waals surface area contributed by atoms with Crippen LogP contribution in [0.25, 0.3) is 0 Å². The fourth-order valence-electron chi connectivity index (χ4n) is 1.05. The molecule has 0 aliphatic rings. The highest BCUT2D eigenvalue weighted by Crippen LogP contribution is 2.12. The molecule has 0 aliphatic carbocycles. The number of esters is 1. The first-order valence-corrected chi connectivity index (χ1v) is 4.20. The number of carbonyl (C=O) groups is 2. The van der Waals surface area contributed by atoms with Crippen LogP contribution in [-0.2, 0) is 23.8 Å². The van der Waals surface area contributed by atoms with Gasteiger partial charge in [0.15, 0.2) is 6.29 Å². The summed E-state index contributed by atoms with van der Waals surface area (Å²) in [6.45, 7) is 1.34. The van der Waals surface area contributed by atoms with Gasteiger partial charge in [0.1, 0.15) is 11.7 Å². The molecule has 0 aromatic rings. The van der Waals surface area contributed by atoms with Crippen LogP contribution in [0.4, 0.5) is 0 Å². The number of rotatable bonds is 6. The molecule has 14 heavy (non-hydrogen) atoms. The van der Waals surface area contributed by atoms with E-state index >= 15 is 0 Å². The number of ether oxygens (including phenoxy) is 3. The van der Waals surface area contributed by atoms with Crippen LogP contribution in [0.1, 0.15) is 13.3 Å². The summed E-state index contributed by atoms with van der Waals surface area (Å²) in [6, 6.07) is 0. The topological polar surface area (TPSA) is 61.8 Å². The van der Waals surface area contributed by atoms with E-state index in [4.69, 9.17) is 9.47 Å². The van der Waals surface area contributed by atoms with Gasteiger partial charge in [-0.15, -0.1) is 0 Å². The molecule has 0 heterocycles. The van der Waals surface area contributed by atoms with Crippen LogP contribution in [0.15, 0.2) is 0 Å². The quantitative estimate of drug-likeness (QED) is 0.355. The van der Waals surface area contributed by atoms with Gasteiger partial charge in [-0.1, -0.05) is 0 Å². The minimum absolute atomic E-state index is 0.176. The van der Waals surface area contributed by atoms with Crippen molar-refractivity contribution >= 4 is 11.8 Å². The van der Waals surface area contributed by atoms with Crippen molar-refractivity contribution in [2.45, 2.75) is 19.6 Å². The highest BCUT2D eigenvalue weighted by molar-refractivity contribution is 5.97. The number of methoxy groups -OCH3 is 3. The van der Waals surface area contributed by atoms with Crippen LogP contribution in [0.3, 0.4) is 0 Å². The van der Waals surface area contributed by atoms with E-state index < -0.39 is 18.2 Å². The average molecular weight is 204 g/mol. The predicted molar refractivity (Wildman–Crippen MR) is 48.6 cm³/mol. The minimum atomic E-state index is -0.815. The minimum Gasteiger partial charge on any atom is -0.468 e. The summed E-state index contributed by atoms with van der Waals surface area (Å²) < 4.78 is 14.3. The molecule has 0 aliphatic heterocycles. The lowest BCUT2D eigenvalue weighted by molar-refractivity contribution is -0.157. The molecule has 1 unspecified atom stereocenters. The second kappa shape index (κ2) is 6.50. The first-order valence-electron chi connectivity index (χ1n) is 4.20. The molecule has 0 rings (SSSR count). The van der Waals surface area contributed by atoms with E-state index in [1.165, 1.54) is 28.3 Å². The molecule has 0 bridgehead atoms. The van der Waals surface area contributed by atoms with E-state index in [1.54, 1.807) is 0 Å². The maximum atomic E-state index is 11.2. The molecule has 0 aromatic carbocycles. The second-order valence-electron chi connectivity index (χ2n) is 2.82. The van der Waals surface area contributed by atoms with E-state index in [0.29, 0.717) is 0 Å². The van der Waals surface area contributed by atoms with Gasteiger partial charge in [0, 0.05) is 20.6 Å². The summed E-state index contributed by atoms with van der Waals surface area (Å²) in [5.41, 5.74) is 0. The summed E-state index contributed by atoms with van der Waals surface area (Å²) in [6.07, 6.45) is -0.391. The third kappa shape index (κ3) is 3.85. The van der Waals surface area contributed by atoms with Crippen LogP contribution in [-0.4, -0.2) is 39.4 Å². The fourth-order valence-corrected chi connectivity index (χ4v) is 1.05. The smallest absolute Gasteiger partial charge is 0.316 e. The number of hydrogen-bond donors (Lipinski definition) is 0. The molecule has 1 atom stereocenters. The summed E-state index contributed by atoms with van der Waals surface area (Å²) >= 11 is 0. The average Bonchev–Trinajstić information content (AvgIpc) is 2.18. The lowest BCUT2D eigenvalue weighted by atomic mass is 10.0. The standard InChI is InChI=1S/C9H16O5/c1-6(10)7(9(11)14-4)5-8(12-2)13-3/h7-8H,5H2,1-4H3. The van der Waals surface area contributed by atoms with Crippen molar-refractivity contribution in [3.63, 3.8) is 0 Å². The number of carbonyl (C=O) groups excluding carboxylic acids is 2. The molecule has 0 radical (unpaired) electrons. The number of hydrogen-bond acceptors (Lipinski definition) is 5. The van der Waals surface area contributed by atoms with Crippen LogP contribution in [0.2, 0.25) is 0 Å². The van der Waals surface area contributed by atoms with Crippen LogP contribution in [0, 0.1) is 5.92 Å². The Kier molecular flexibility index (Phi) is 6.07. The van der Waals surface area contributed by atoms with Crippen molar-refractivity contribution in [2.75, 3.05) is 21.3 Å². The van der Waals surface area contributed by atoms with Crippen molar-refractivity contribution in [3.05, 3.63) is 0 Å². The summed E-state index contributed by atoms with van der Waals surface area (Å²) in [5, 5.41) is 0. The van der Waals surface area contributed by atoms with Gasteiger partial charge in [0.25, 0.3) is 0 Å². The van der Waals surface area contributed by atoms with Gasteiger partial charge < -0.3 is 14.2 Å². The van der Waals surface area contributed by atoms with Crippen molar-refractivity contribution in [3.8, 4) is 0 Å². The molecular formula is C9H16O5. The van der Waals surface area contributed by atoms with Crippen molar-refractivity contribution in [1.29, 1.82) is 0 Å². The maximum Gasteiger partial charge on any atom is 0.316 e. The molecule has 0 saturated carbocycles. The third-order valence-corrected chi connectivity index (χ3v) is 1.93. The van der Waals surface area contributed by atoms with E-state index in [9.17, 15) is 9.59 Å². The summed E-state index contributed by atoms with van der Waals surface area (Å²) in [7, 11) is 4.14. The monoisotopic (exact) mass is 204 g/mol. The summed E-state index contributed by atoms with van der Waals surface area (Å²) in [4.78, 5) is 22.3. The fraction of sp³-hybridized carbons (Fsp3) is 0.778. The largest absolute Gasteiger partial charge is 0.468 e. The molecule has 0 amide bonds. The van der Waals surface area contributed by atoms with Crippen LogP contribution < -0.4 is 0 Å². The molecule has 5 nitrogen and oxygen atoms in total. The lowest BCUT2D eigenvalue weighted by Gasteiger charge is -2.17. The predicted octanol–water partition coefficient (Wildman–Crippen LogP) is 0.374. The van der Waals surface area contributed by atoms with E-state index in [-0.39, 0.29) is 12.2 Å². The zero-order valence-corrected chi connectivity index (χ0v) is 8.90. The second-order valence-corrected chi connectivity index (χ2v) is 2.82. The van der Waals surface area contributed by atoms with Gasteiger partial charge in [-0.25, -0.2) is 0 Å². The Bertz CT molecular complexity index is 197. The van der Waals surface area contributed by atoms with E-state index in [0.717, 1.165) is 0 Å². The zero-order valence-electron chi connectivity index (χ0n) is 8.90. The molecular weight excluding hydrogens is 188 g/mol. The van der Waals surface area contributed by atoms with Gasteiger partial charge in [-0.05, 0) is 6.92 Å². The first-order chi connectivity index (χ1) is 6.56. The molecule has 0 N–H and O–H groups in total. The summed E-state index contributed by atoms with van der Waals surface area (Å²) in [5.74, 6) is -1.63. The SMILES string of the molecule is COC(=O)C(CC(OC)OC)C(C)=O. The molecule has 5 heteroatoms. The van der Waals surface area contributed by atoms with Gasteiger partial charge in [-0.2, -0.15) is 0 Å². The highest BCUT2D eigenvalue weighted by Gasteiger charge is 2.27. The molecule has 0 aromatic heterocycles. The number of Topliss-reactive ketones (excluding diaryl/α,β-unsaturated/α-hetero) is 1. The Labute approximate surface area is 83.3 Å². The normalized spacial score (nSPS) is 12.6. The number of ketones is 1.